The lowest BCUT2D eigenvalue weighted by atomic mass is 10.1. The molecule has 94 valence electrons. The molecule has 0 spiro atoms. The van der Waals surface area contributed by atoms with Crippen LogP contribution >= 0.6 is 0 Å². The summed E-state index contributed by atoms with van der Waals surface area (Å²) in [6.45, 7) is 3.03. The molecule has 0 aliphatic carbocycles. The average Bonchev–Trinajstić information content (AvgIpc) is 2.45. The van der Waals surface area contributed by atoms with Crippen molar-refractivity contribution in [3.63, 3.8) is 0 Å². The maximum absolute atomic E-state index is 5.21. The van der Waals surface area contributed by atoms with E-state index in [0.717, 1.165) is 35.8 Å². The zero-order chi connectivity index (χ0) is 12.8. The molecule has 0 amide bonds. The quantitative estimate of drug-likeness (QED) is 0.877. The van der Waals surface area contributed by atoms with E-state index in [1.807, 2.05) is 30.3 Å². The van der Waals surface area contributed by atoms with Crippen molar-refractivity contribution in [2.75, 3.05) is 19.0 Å². The van der Waals surface area contributed by atoms with E-state index in [0.29, 0.717) is 0 Å². The number of hydrogen-bond acceptors (Lipinski definition) is 4. The van der Waals surface area contributed by atoms with Gasteiger partial charge in [0.05, 0.1) is 12.8 Å². The highest BCUT2D eigenvalue weighted by molar-refractivity contribution is 5.63. The van der Waals surface area contributed by atoms with Crippen molar-refractivity contribution in [2.24, 2.45) is 0 Å². The molecule has 0 fully saturated rings. The van der Waals surface area contributed by atoms with Crippen LogP contribution in [-0.2, 0) is 0 Å². The van der Waals surface area contributed by atoms with Gasteiger partial charge in [-0.3, -0.25) is 0 Å². The molecule has 0 bridgehead atoms. The Bertz CT molecular complexity index is 514. The largest absolute Gasteiger partial charge is 0.497 e. The minimum atomic E-state index is 0.828. The fourth-order valence-electron chi connectivity index (χ4n) is 1.65. The minimum absolute atomic E-state index is 0.828. The highest BCUT2D eigenvalue weighted by Crippen LogP contribution is 2.23. The van der Waals surface area contributed by atoms with Crippen molar-refractivity contribution in [1.82, 2.24) is 9.97 Å². The molecule has 0 aliphatic heterocycles. The standard InChI is InChI=1S/C14H17N3O/c1-3-7-15-14-9-13(16-10-17-14)11-5-4-6-12(8-11)18-2/h4-6,8-10H,3,7H2,1-2H3,(H,15,16,17). The summed E-state index contributed by atoms with van der Waals surface area (Å²) in [6, 6.07) is 9.79. The van der Waals surface area contributed by atoms with Gasteiger partial charge in [-0.2, -0.15) is 0 Å². The average molecular weight is 243 g/mol. The Labute approximate surface area is 107 Å². The molecule has 4 nitrogen and oxygen atoms in total. The fraction of sp³-hybridized carbons (Fsp3) is 0.286. The van der Waals surface area contributed by atoms with Crippen molar-refractivity contribution < 1.29 is 4.74 Å². The molecule has 2 rings (SSSR count). The summed E-state index contributed by atoms with van der Waals surface area (Å²) in [4.78, 5) is 8.48. The van der Waals surface area contributed by atoms with Crippen molar-refractivity contribution >= 4 is 5.82 Å². The van der Waals surface area contributed by atoms with E-state index >= 15 is 0 Å². The Morgan fingerprint density at radius 1 is 1.22 bits per heavy atom. The molecular weight excluding hydrogens is 226 g/mol. The van der Waals surface area contributed by atoms with Crippen molar-refractivity contribution in [3.8, 4) is 17.0 Å². The van der Waals surface area contributed by atoms with Gasteiger partial charge in [-0.25, -0.2) is 9.97 Å². The summed E-state index contributed by atoms with van der Waals surface area (Å²) in [5.74, 6) is 1.68. The van der Waals surface area contributed by atoms with Crippen molar-refractivity contribution in [1.29, 1.82) is 0 Å². The molecule has 0 unspecified atom stereocenters. The molecule has 1 aromatic carbocycles. The summed E-state index contributed by atoms with van der Waals surface area (Å²) in [7, 11) is 1.66. The number of benzene rings is 1. The van der Waals surface area contributed by atoms with Crippen LogP contribution in [0.3, 0.4) is 0 Å². The molecule has 0 radical (unpaired) electrons. The van der Waals surface area contributed by atoms with Crippen LogP contribution in [-0.4, -0.2) is 23.6 Å². The third-order valence-corrected chi connectivity index (χ3v) is 2.59. The number of nitrogens with zero attached hydrogens (tertiary/aromatic N) is 2. The third-order valence-electron chi connectivity index (χ3n) is 2.59. The van der Waals surface area contributed by atoms with Crippen LogP contribution < -0.4 is 10.1 Å². The predicted octanol–water partition coefficient (Wildman–Crippen LogP) is 2.97. The Hall–Kier alpha value is -2.10. The second kappa shape index (κ2) is 6.00. The van der Waals surface area contributed by atoms with E-state index in [2.05, 4.69) is 22.2 Å². The van der Waals surface area contributed by atoms with Gasteiger partial charge in [0.15, 0.2) is 0 Å². The molecule has 4 heteroatoms. The van der Waals surface area contributed by atoms with Crippen LogP contribution in [0.1, 0.15) is 13.3 Å². The first-order chi connectivity index (χ1) is 8.83. The smallest absolute Gasteiger partial charge is 0.129 e. The van der Waals surface area contributed by atoms with Gasteiger partial charge in [-0.05, 0) is 18.6 Å². The van der Waals surface area contributed by atoms with Gasteiger partial charge in [-0.15, -0.1) is 0 Å². The zero-order valence-corrected chi connectivity index (χ0v) is 10.7. The highest BCUT2D eigenvalue weighted by Gasteiger charge is 2.02. The lowest BCUT2D eigenvalue weighted by Crippen LogP contribution is -2.02. The van der Waals surface area contributed by atoms with Crippen molar-refractivity contribution in [2.45, 2.75) is 13.3 Å². The monoisotopic (exact) mass is 243 g/mol. The van der Waals surface area contributed by atoms with E-state index in [4.69, 9.17) is 4.74 Å². The zero-order valence-electron chi connectivity index (χ0n) is 10.7. The van der Waals surface area contributed by atoms with Gasteiger partial charge < -0.3 is 10.1 Å². The second-order valence-corrected chi connectivity index (χ2v) is 3.95. The Morgan fingerprint density at radius 2 is 2.11 bits per heavy atom. The lowest BCUT2D eigenvalue weighted by Gasteiger charge is -2.07. The number of methoxy groups -OCH3 is 1. The van der Waals surface area contributed by atoms with E-state index in [1.54, 1.807) is 13.4 Å². The number of hydrogen-bond donors (Lipinski definition) is 1. The molecule has 1 N–H and O–H groups in total. The summed E-state index contributed by atoms with van der Waals surface area (Å²) in [5.41, 5.74) is 1.92. The Balaban J connectivity index is 2.26. The molecule has 0 saturated heterocycles. The predicted molar refractivity (Wildman–Crippen MR) is 72.8 cm³/mol. The van der Waals surface area contributed by atoms with Gasteiger partial charge in [0.25, 0.3) is 0 Å². The summed E-state index contributed by atoms with van der Waals surface area (Å²) in [6.07, 6.45) is 2.64. The number of ether oxygens (including phenoxy) is 1. The van der Waals surface area contributed by atoms with Gasteiger partial charge in [0, 0.05) is 18.2 Å². The molecule has 2 aromatic rings. The van der Waals surface area contributed by atoms with Crippen LogP contribution in [0.25, 0.3) is 11.3 Å². The number of rotatable bonds is 5. The molecule has 0 saturated carbocycles. The van der Waals surface area contributed by atoms with Gasteiger partial charge in [0.1, 0.15) is 17.9 Å². The molecule has 1 aromatic heterocycles. The summed E-state index contributed by atoms with van der Waals surface area (Å²) < 4.78 is 5.21. The van der Waals surface area contributed by atoms with Gasteiger partial charge in [-0.1, -0.05) is 19.1 Å². The normalized spacial score (nSPS) is 10.1. The first kappa shape index (κ1) is 12.4. The van der Waals surface area contributed by atoms with Crippen molar-refractivity contribution in [3.05, 3.63) is 36.7 Å². The minimum Gasteiger partial charge on any atom is -0.497 e. The molecular formula is C14H17N3O. The molecule has 0 aliphatic rings. The lowest BCUT2D eigenvalue weighted by molar-refractivity contribution is 0.415. The van der Waals surface area contributed by atoms with Crippen LogP contribution in [0, 0.1) is 0 Å². The Kier molecular flexibility index (Phi) is 4.12. The van der Waals surface area contributed by atoms with E-state index in [-0.39, 0.29) is 0 Å². The van der Waals surface area contributed by atoms with E-state index < -0.39 is 0 Å². The number of anilines is 1. The SMILES string of the molecule is CCCNc1cc(-c2cccc(OC)c2)ncn1. The van der Waals surface area contributed by atoms with Crippen LogP contribution in [0.15, 0.2) is 36.7 Å². The van der Waals surface area contributed by atoms with E-state index in [1.165, 1.54) is 0 Å². The molecule has 0 atom stereocenters. The first-order valence-electron chi connectivity index (χ1n) is 6.04. The fourth-order valence-corrected chi connectivity index (χ4v) is 1.65. The number of nitrogens with one attached hydrogen (secondary N) is 1. The first-order valence-corrected chi connectivity index (χ1v) is 6.04. The Morgan fingerprint density at radius 3 is 2.89 bits per heavy atom. The van der Waals surface area contributed by atoms with Crippen LogP contribution in [0.5, 0.6) is 5.75 Å². The topological polar surface area (TPSA) is 47.0 Å². The highest BCUT2D eigenvalue weighted by atomic mass is 16.5. The third kappa shape index (κ3) is 2.97. The maximum atomic E-state index is 5.21. The summed E-state index contributed by atoms with van der Waals surface area (Å²) >= 11 is 0. The molecule has 1 heterocycles. The van der Waals surface area contributed by atoms with Crippen LogP contribution in [0.2, 0.25) is 0 Å². The number of aromatic nitrogens is 2. The van der Waals surface area contributed by atoms with Crippen LogP contribution in [0.4, 0.5) is 5.82 Å². The van der Waals surface area contributed by atoms with Gasteiger partial charge in [0.2, 0.25) is 0 Å². The van der Waals surface area contributed by atoms with E-state index in [9.17, 15) is 0 Å². The van der Waals surface area contributed by atoms with Gasteiger partial charge >= 0.3 is 0 Å². The summed E-state index contributed by atoms with van der Waals surface area (Å²) in [5, 5.41) is 3.25. The maximum Gasteiger partial charge on any atom is 0.129 e. The molecule has 18 heavy (non-hydrogen) atoms. The second-order valence-electron chi connectivity index (χ2n) is 3.95.